The quantitative estimate of drug-likeness (QED) is 0.425. The molecule has 0 aliphatic carbocycles. The highest BCUT2D eigenvalue weighted by Crippen LogP contribution is 2.40. The van der Waals surface area contributed by atoms with Gasteiger partial charge in [0.2, 0.25) is 5.91 Å². The molecule has 2 aromatic rings. The van der Waals surface area contributed by atoms with Crippen LogP contribution < -0.4 is 10.6 Å². The third-order valence-electron chi connectivity index (χ3n) is 5.90. The van der Waals surface area contributed by atoms with E-state index in [0.717, 1.165) is 5.56 Å². The third kappa shape index (κ3) is 6.52. The number of carbonyl (C=O) groups excluding carboxylic acids is 3. The van der Waals surface area contributed by atoms with Gasteiger partial charge >= 0.3 is 5.97 Å². The molecule has 3 rings (SSSR count). The molecule has 2 unspecified atom stereocenters. The molecule has 36 heavy (non-hydrogen) atoms. The maximum Gasteiger partial charge on any atom is 0.328 e. The van der Waals surface area contributed by atoms with Crippen LogP contribution in [0.25, 0.3) is 0 Å². The lowest BCUT2D eigenvalue weighted by Crippen LogP contribution is -2.56. The molecular weight excluding hydrogens is 525 g/mol. The molecule has 8 nitrogen and oxygen atoms in total. The second-order valence-electron chi connectivity index (χ2n) is 8.85. The summed E-state index contributed by atoms with van der Waals surface area (Å²) in [7, 11) is 1.26. The highest BCUT2D eigenvalue weighted by Gasteiger charge is 2.46. The molecular formula is C25H29Cl2N3O5S. The van der Waals surface area contributed by atoms with Gasteiger partial charge in [-0.05, 0) is 50.6 Å². The van der Waals surface area contributed by atoms with Gasteiger partial charge in [0, 0.05) is 17.9 Å². The summed E-state index contributed by atoms with van der Waals surface area (Å²) in [5.41, 5.74) is 1.43. The van der Waals surface area contributed by atoms with E-state index in [2.05, 4.69) is 10.6 Å². The van der Waals surface area contributed by atoms with Gasteiger partial charge in [-0.15, -0.1) is 11.8 Å². The summed E-state index contributed by atoms with van der Waals surface area (Å²) in [6.45, 7) is 5.50. The number of hydrogen-bond acceptors (Lipinski definition) is 7. The molecule has 2 amide bonds. The Morgan fingerprint density at radius 1 is 1.17 bits per heavy atom. The lowest BCUT2D eigenvalue weighted by molar-refractivity contribution is -0.146. The number of aliphatic hydroxyl groups is 1. The minimum absolute atomic E-state index is 0.179. The fourth-order valence-electron chi connectivity index (χ4n) is 4.20. The number of ether oxygens (including phenoxy) is 1. The number of carbonyl (C=O) groups is 3. The number of nitrogens with zero attached hydrogens (tertiary/aromatic N) is 1. The molecule has 0 bridgehead atoms. The van der Waals surface area contributed by atoms with Crippen LogP contribution in [-0.4, -0.2) is 63.8 Å². The molecule has 194 valence electrons. The van der Waals surface area contributed by atoms with E-state index in [0.29, 0.717) is 11.4 Å². The molecule has 2 aromatic carbocycles. The van der Waals surface area contributed by atoms with E-state index in [1.54, 1.807) is 66.1 Å². The number of rotatable bonds is 8. The minimum Gasteiger partial charge on any atom is -0.467 e. The highest BCUT2D eigenvalue weighted by molar-refractivity contribution is 8.00. The van der Waals surface area contributed by atoms with Crippen molar-refractivity contribution >= 4 is 58.4 Å². The molecule has 1 fully saturated rings. The van der Waals surface area contributed by atoms with Crippen molar-refractivity contribution in [2.45, 2.75) is 50.4 Å². The van der Waals surface area contributed by atoms with Gasteiger partial charge in [-0.25, -0.2) is 4.79 Å². The maximum absolute atomic E-state index is 13.1. The number of thioether (sulfide) groups is 1. The van der Waals surface area contributed by atoms with Crippen molar-refractivity contribution in [1.82, 2.24) is 10.2 Å². The molecule has 1 aliphatic heterocycles. The Labute approximate surface area is 224 Å². The number of amides is 2. The molecule has 0 radical (unpaired) electrons. The second kappa shape index (κ2) is 11.8. The van der Waals surface area contributed by atoms with Crippen molar-refractivity contribution in [1.29, 1.82) is 0 Å². The van der Waals surface area contributed by atoms with Crippen LogP contribution in [0, 0.1) is 0 Å². The van der Waals surface area contributed by atoms with Gasteiger partial charge in [0.05, 0.1) is 27.6 Å². The molecule has 1 aliphatic rings. The maximum atomic E-state index is 13.1. The first-order valence-electron chi connectivity index (χ1n) is 11.3. The van der Waals surface area contributed by atoms with Gasteiger partial charge in [0.1, 0.15) is 18.3 Å². The number of methoxy groups -OCH3 is 1. The van der Waals surface area contributed by atoms with Gasteiger partial charge in [0.15, 0.2) is 0 Å². The summed E-state index contributed by atoms with van der Waals surface area (Å²) in [6.07, 6.45) is -0.647. The number of benzene rings is 2. The van der Waals surface area contributed by atoms with Crippen LogP contribution in [0.4, 0.5) is 5.69 Å². The molecule has 0 saturated carbocycles. The fourth-order valence-corrected chi connectivity index (χ4v) is 6.07. The largest absolute Gasteiger partial charge is 0.467 e. The van der Waals surface area contributed by atoms with E-state index in [1.807, 2.05) is 13.8 Å². The van der Waals surface area contributed by atoms with Crippen molar-refractivity contribution in [3.05, 3.63) is 63.6 Å². The van der Waals surface area contributed by atoms with Crippen LogP contribution in [0.5, 0.6) is 0 Å². The zero-order valence-electron chi connectivity index (χ0n) is 20.4. The standard InChI is InChI=1S/C25H29Cl2N3O5S/c1-14(31)30-20(13-36-25(30,2)3)22(32)29-19(24(34)35-4)12-15-8-10-16(11-9-15)28-23(33)21-17(26)6-5-7-18(21)27/h5-11,14,19-20,31H,12-13H2,1-4H3,(H,28,33)(H,29,32)/t14?,19?,20-/m1/s1. The second-order valence-corrected chi connectivity index (χ2v) is 11.3. The Hall–Kier alpha value is -2.30. The van der Waals surface area contributed by atoms with Crippen LogP contribution in [0.1, 0.15) is 36.7 Å². The van der Waals surface area contributed by atoms with Gasteiger partial charge in [-0.1, -0.05) is 41.4 Å². The van der Waals surface area contributed by atoms with Gasteiger partial charge < -0.3 is 20.5 Å². The smallest absolute Gasteiger partial charge is 0.328 e. The van der Waals surface area contributed by atoms with E-state index >= 15 is 0 Å². The highest BCUT2D eigenvalue weighted by atomic mass is 35.5. The van der Waals surface area contributed by atoms with Crippen molar-refractivity contribution in [3.8, 4) is 0 Å². The average Bonchev–Trinajstić information content (AvgIpc) is 3.14. The van der Waals surface area contributed by atoms with E-state index in [4.69, 9.17) is 27.9 Å². The van der Waals surface area contributed by atoms with E-state index in [1.165, 1.54) is 7.11 Å². The Balaban J connectivity index is 1.69. The average molecular weight is 554 g/mol. The van der Waals surface area contributed by atoms with E-state index < -0.39 is 35.1 Å². The van der Waals surface area contributed by atoms with Crippen LogP contribution in [0.2, 0.25) is 10.0 Å². The number of esters is 1. The van der Waals surface area contributed by atoms with Crippen LogP contribution in [0.15, 0.2) is 42.5 Å². The molecule has 3 atom stereocenters. The predicted octanol–water partition coefficient (Wildman–Crippen LogP) is 3.94. The number of hydrogen-bond donors (Lipinski definition) is 3. The summed E-state index contributed by atoms with van der Waals surface area (Å²) in [4.78, 5) is 39.4. The van der Waals surface area contributed by atoms with Crippen molar-refractivity contribution in [2.24, 2.45) is 0 Å². The Morgan fingerprint density at radius 2 is 1.78 bits per heavy atom. The number of nitrogens with one attached hydrogen (secondary N) is 2. The summed E-state index contributed by atoms with van der Waals surface area (Å²) in [5.74, 6) is -0.896. The summed E-state index contributed by atoms with van der Waals surface area (Å²) in [5, 5.41) is 16.2. The van der Waals surface area contributed by atoms with Crippen molar-refractivity contribution in [2.75, 3.05) is 18.2 Å². The molecule has 0 aromatic heterocycles. The first kappa shape index (κ1) is 28.3. The zero-order valence-corrected chi connectivity index (χ0v) is 22.7. The number of aliphatic hydroxyl groups excluding tert-OH is 1. The summed E-state index contributed by atoms with van der Waals surface area (Å²) in [6, 6.07) is 10.1. The van der Waals surface area contributed by atoms with Gasteiger partial charge in [-0.3, -0.25) is 14.5 Å². The number of anilines is 1. The molecule has 0 spiro atoms. The summed E-state index contributed by atoms with van der Waals surface area (Å²) < 4.78 is 4.91. The normalized spacial score (nSPS) is 18.8. The topological polar surface area (TPSA) is 108 Å². The van der Waals surface area contributed by atoms with E-state index in [-0.39, 0.29) is 27.9 Å². The zero-order chi connectivity index (χ0) is 26.6. The fraction of sp³-hybridized carbons (Fsp3) is 0.400. The van der Waals surface area contributed by atoms with Gasteiger partial charge in [0.25, 0.3) is 5.91 Å². The Morgan fingerprint density at radius 3 is 2.33 bits per heavy atom. The van der Waals surface area contributed by atoms with Crippen LogP contribution >= 0.6 is 35.0 Å². The third-order valence-corrected chi connectivity index (χ3v) is 7.93. The first-order chi connectivity index (χ1) is 16.9. The predicted molar refractivity (Wildman–Crippen MR) is 142 cm³/mol. The molecule has 3 N–H and O–H groups in total. The minimum atomic E-state index is -0.922. The van der Waals surface area contributed by atoms with E-state index in [9.17, 15) is 19.5 Å². The molecule has 1 saturated heterocycles. The van der Waals surface area contributed by atoms with Crippen molar-refractivity contribution < 1.29 is 24.2 Å². The molecule has 1 heterocycles. The monoisotopic (exact) mass is 553 g/mol. The van der Waals surface area contributed by atoms with Crippen molar-refractivity contribution in [3.63, 3.8) is 0 Å². The van der Waals surface area contributed by atoms with Crippen LogP contribution in [-0.2, 0) is 20.7 Å². The summed E-state index contributed by atoms with van der Waals surface area (Å²) >= 11 is 13.8. The number of halogens is 2. The molecule has 11 heteroatoms. The Bertz CT molecular complexity index is 1110. The van der Waals surface area contributed by atoms with Crippen LogP contribution in [0.3, 0.4) is 0 Å². The lowest BCUT2D eigenvalue weighted by atomic mass is 10.0. The SMILES string of the molecule is COC(=O)C(Cc1ccc(NC(=O)c2c(Cl)cccc2Cl)cc1)NC(=O)[C@H]1CSC(C)(C)N1C(C)O. The Kier molecular flexibility index (Phi) is 9.29. The lowest BCUT2D eigenvalue weighted by Gasteiger charge is -2.36. The van der Waals surface area contributed by atoms with Gasteiger partial charge in [-0.2, -0.15) is 0 Å². The first-order valence-corrected chi connectivity index (χ1v) is 13.0.